The Bertz CT molecular complexity index is 739. The lowest BCUT2D eigenvalue weighted by Gasteiger charge is -2.07. The van der Waals surface area contributed by atoms with Gasteiger partial charge in [-0.2, -0.15) is 5.10 Å². The lowest BCUT2D eigenvalue weighted by molar-refractivity contribution is -0.124. The summed E-state index contributed by atoms with van der Waals surface area (Å²) in [6.45, 7) is 1.90. The number of phenols is 1. The fraction of sp³-hybridized carbons (Fsp3) is 0.167. The van der Waals surface area contributed by atoms with E-state index in [9.17, 15) is 9.59 Å². The van der Waals surface area contributed by atoms with Crippen LogP contribution in [-0.4, -0.2) is 23.1 Å². The second kappa shape index (κ2) is 8.47. The Morgan fingerprint density at radius 3 is 2.42 bits per heavy atom. The number of hydrogen-bond donors (Lipinski definition) is 3. The third-order valence-corrected chi connectivity index (χ3v) is 3.29. The van der Waals surface area contributed by atoms with E-state index in [4.69, 9.17) is 5.11 Å². The van der Waals surface area contributed by atoms with Crippen LogP contribution in [0.25, 0.3) is 0 Å². The Kier molecular flexibility index (Phi) is 6.08. The highest BCUT2D eigenvalue weighted by Crippen LogP contribution is 2.13. The summed E-state index contributed by atoms with van der Waals surface area (Å²) >= 11 is 0. The van der Waals surface area contributed by atoms with Crippen molar-refractivity contribution in [3.63, 3.8) is 0 Å². The Labute approximate surface area is 140 Å². The van der Waals surface area contributed by atoms with E-state index >= 15 is 0 Å². The Balaban J connectivity index is 1.73. The SMILES string of the molecule is Cc1ccccc1NC(=O)CCC(=O)NN=Cc1ccc(O)cc1. The average Bonchev–Trinajstić information content (AvgIpc) is 2.57. The summed E-state index contributed by atoms with van der Waals surface area (Å²) < 4.78 is 0. The summed E-state index contributed by atoms with van der Waals surface area (Å²) in [6.07, 6.45) is 1.59. The minimum Gasteiger partial charge on any atom is -0.508 e. The molecule has 0 aliphatic rings. The van der Waals surface area contributed by atoms with Crippen LogP contribution >= 0.6 is 0 Å². The average molecular weight is 325 g/mol. The number of aromatic hydroxyl groups is 1. The second-order valence-electron chi connectivity index (χ2n) is 5.25. The van der Waals surface area contributed by atoms with Crippen LogP contribution in [0.4, 0.5) is 5.69 Å². The normalized spacial score (nSPS) is 10.5. The molecule has 0 aliphatic heterocycles. The summed E-state index contributed by atoms with van der Waals surface area (Å²) in [6, 6.07) is 13.8. The Morgan fingerprint density at radius 2 is 1.71 bits per heavy atom. The first-order valence-electron chi connectivity index (χ1n) is 7.51. The lowest BCUT2D eigenvalue weighted by atomic mass is 10.2. The van der Waals surface area contributed by atoms with Crippen molar-refractivity contribution in [3.8, 4) is 5.75 Å². The molecule has 2 amide bonds. The molecule has 0 atom stereocenters. The summed E-state index contributed by atoms with van der Waals surface area (Å²) in [5.74, 6) is -0.400. The van der Waals surface area contributed by atoms with Crippen molar-refractivity contribution in [2.45, 2.75) is 19.8 Å². The smallest absolute Gasteiger partial charge is 0.240 e. The maximum atomic E-state index is 11.8. The monoisotopic (exact) mass is 325 g/mol. The van der Waals surface area contributed by atoms with Crippen molar-refractivity contribution in [1.82, 2.24) is 5.43 Å². The molecular weight excluding hydrogens is 306 g/mol. The van der Waals surface area contributed by atoms with Crippen LogP contribution < -0.4 is 10.7 Å². The molecule has 0 fully saturated rings. The van der Waals surface area contributed by atoms with Crippen LogP contribution in [0.1, 0.15) is 24.0 Å². The highest BCUT2D eigenvalue weighted by molar-refractivity contribution is 5.94. The van der Waals surface area contributed by atoms with Gasteiger partial charge in [0, 0.05) is 18.5 Å². The number of hydrazone groups is 1. The predicted octanol–water partition coefficient (Wildman–Crippen LogP) is 2.57. The molecule has 0 radical (unpaired) electrons. The fourth-order valence-electron chi connectivity index (χ4n) is 1.95. The maximum Gasteiger partial charge on any atom is 0.240 e. The molecule has 2 aromatic rings. The maximum absolute atomic E-state index is 11.8. The van der Waals surface area contributed by atoms with E-state index in [0.717, 1.165) is 16.8 Å². The molecule has 0 saturated carbocycles. The molecule has 124 valence electrons. The van der Waals surface area contributed by atoms with E-state index in [0.29, 0.717) is 0 Å². The lowest BCUT2D eigenvalue weighted by Crippen LogP contribution is -2.20. The van der Waals surface area contributed by atoms with E-state index in [-0.39, 0.29) is 30.4 Å². The molecule has 0 aliphatic carbocycles. The summed E-state index contributed by atoms with van der Waals surface area (Å²) in [5.41, 5.74) is 4.82. The molecular formula is C18H19N3O3. The Hall–Kier alpha value is -3.15. The first kappa shape index (κ1) is 17.2. The summed E-state index contributed by atoms with van der Waals surface area (Å²) in [4.78, 5) is 23.5. The van der Waals surface area contributed by atoms with Gasteiger partial charge in [-0.25, -0.2) is 5.43 Å². The number of carbonyl (C=O) groups excluding carboxylic acids is 2. The molecule has 3 N–H and O–H groups in total. The first-order chi connectivity index (χ1) is 11.5. The number of para-hydroxylation sites is 1. The van der Waals surface area contributed by atoms with Gasteiger partial charge >= 0.3 is 0 Å². The number of hydrogen-bond acceptors (Lipinski definition) is 4. The van der Waals surface area contributed by atoms with Gasteiger partial charge in [0.15, 0.2) is 0 Å². The zero-order chi connectivity index (χ0) is 17.4. The molecule has 0 unspecified atom stereocenters. The molecule has 0 spiro atoms. The van der Waals surface area contributed by atoms with Crippen molar-refractivity contribution in [2.24, 2.45) is 5.10 Å². The van der Waals surface area contributed by atoms with Crippen LogP contribution in [0.5, 0.6) is 5.75 Å². The van der Waals surface area contributed by atoms with Crippen molar-refractivity contribution < 1.29 is 14.7 Å². The molecule has 6 heteroatoms. The predicted molar refractivity (Wildman–Crippen MR) is 92.9 cm³/mol. The van der Waals surface area contributed by atoms with Gasteiger partial charge in [0.1, 0.15) is 5.75 Å². The highest BCUT2D eigenvalue weighted by Gasteiger charge is 2.07. The number of nitrogens with zero attached hydrogens (tertiary/aromatic N) is 1. The third kappa shape index (κ3) is 5.57. The minimum atomic E-state index is -0.343. The van der Waals surface area contributed by atoms with Crippen molar-refractivity contribution in [1.29, 1.82) is 0 Å². The van der Waals surface area contributed by atoms with Crippen molar-refractivity contribution >= 4 is 23.7 Å². The molecule has 6 nitrogen and oxygen atoms in total. The first-order valence-corrected chi connectivity index (χ1v) is 7.51. The number of carbonyl (C=O) groups is 2. The van der Waals surface area contributed by atoms with Crippen LogP contribution in [0.2, 0.25) is 0 Å². The van der Waals surface area contributed by atoms with Crippen LogP contribution in [0.3, 0.4) is 0 Å². The summed E-state index contributed by atoms with van der Waals surface area (Å²) in [7, 11) is 0. The fourth-order valence-corrected chi connectivity index (χ4v) is 1.95. The van der Waals surface area contributed by atoms with Gasteiger partial charge in [0.2, 0.25) is 11.8 Å². The number of anilines is 1. The number of benzene rings is 2. The van der Waals surface area contributed by atoms with Crippen molar-refractivity contribution in [2.75, 3.05) is 5.32 Å². The van der Waals surface area contributed by atoms with Gasteiger partial charge in [-0.1, -0.05) is 18.2 Å². The molecule has 0 saturated heterocycles. The van der Waals surface area contributed by atoms with E-state index in [2.05, 4.69) is 15.8 Å². The minimum absolute atomic E-state index is 0.0463. The van der Waals surface area contributed by atoms with E-state index < -0.39 is 0 Å². The van der Waals surface area contributed by atoms with Crippen LogP contribution in [-0.2, 0) is 9.59 Å². The number of amides is 2. The zero-order valence-electron chi connectivity index (χ0n) is 13.3. The van der Waals surface area contributed by atoms with E-state index in [1.807, 2.05) is 31.2 Å². The van der Waals surface area contributed by atoms with Crippen molar-refractivity contribution in [3.05, 3.63) is 59.7 Å². The molecule has 2 aromatic carbocycles. The topological polar surface area (TPSA) is 90.8 Å². The van der Waals surface area contributed by atoms with Gasteiger partial charge in [0.25, 0.3) is 0 Å². The second-order valence-corrected chi connectivity index (χ2v) is 5.25. The summed E-state index contributed by atoms with van der Waals surface area (Å²) in [5, 5.41) is 15.7. The quantitative estimate of drug-likeness (QED) is 0.563. The number of nitrogens with one attached hydrogen (secondary N) is 2. The van der Waals surface area contributed by atoms with Crippen LogP contribution in [0, 0.1) is 6.92 Å². The standard InChI is InChI=1S/C18H19N3O3/c1-13-4-2-3-5-16(13)20-17(23)10-11-18(24)21-19-12-14-6-8-15(22)9-7-14/h2-9,12,22H,10-11H2,1H3,(H,20,23)(H,21,24). The largest absolute Gasteiger partial charge is 0.508 e. The molecule has 0 aromatic heterocycles. The number of aryl methyl sites for hydroxylation is 1. The Morgan fingerprint density at radius 1 is 1.04 bits per heavy atom. The molecule has 24 heavy (non-hydrogen) atoms. The third-order valence-electron chi connectivity index (χ3n) is 3.29. The molecule has 0 bridgehead atoms. The van der Waals surface area contributed by atoms with Gasteiger partial charge in [-0.3, -0.25) is 9.59 Å². The van der Waals surface area contributed by atoms with E-state index in [1.165, 1.54) is 18.3 Å². The highest BCUT2D eigenvalue weighted by atomic mass is 16.3. The number of rotatable bonds is 6. The van der Waals surface area contributed by atoms with Gasteiger partial charge in [-0.15, -0.1) is 0 Å². The van der Waals surface area contributed by atoms with Gasteiger partial charge in [-0.05, 0) is 48.4 Å². The van der Waals surface area contributed by atoms with Crippen LogP contribution in [0.15, 0.2) is 53.6 Å². The van der Waals surface area contributed by atoms with Gasteiger partial charge in [0.05, 0.1) is 6.21 Å². The van der Waals surface area contributed by atoms with E-state index in [1.54, 1.807) is 12.1 Å². The molecule has 2 rings (SSSR count). The van der Waals surface area contributed by atoms with Gasteiger partial charge < -0.3 is 10.4 Å². The zero-order valence-corrected chi connectivity index (χ0v) is 13.3. The number of phenolic OH excluding ortho intramolecular Hbond substituents is 1. The molecule has 0 heterocycles.